The molecule has 6 heteroatoms. The summed E-state index contributed by atoms with van der Waals surface area (Å²) in [5.41, 5.74) is 1.17. The SMILES string of the molecule is C=C(CSc1ccc(OCCO)cc1)CSc1ccc(OCCO)cc1. The molecule has 0 saturated heterocycles. The van der Waals surface area contributed by atoms with Crippen molar-refractivity contribution in [3.8, 4) is 11.5 Å². The summed E-state index contributed by atoms with van der Waals surface area (Å²) in [6, 6.07) is 15.7. The van der Waals surface area contributed by atoms with Crippen LogP contribution in [0.2, 0.25) is 0 Å². The maximum absolute atomic E-state index is 8.75. The van der Waals surface area contributed by atoms with Gasteiger partial charge in [0.15, 0.2) is 0 Å². The standard InChI is InChI=1S/C20H24O4S2/c1-16(14-25-19-6-2-17(3-7-19)23-12-10-21)15-26-20-8-4-18(5-9-20)24-13-11-22/h2-9,21-22H,1,10-15H2. The number of benzene rings is 2. The number of hydrogen-bond acceptors (Lipinski definition) is 6. The van der Waals surface area contributed by atoms with Crippen LogP contribution in [-0.4, -0.2) is 48.1 Å². The molecule has 2 aromatic carbocycles. The van der Waals surface area contributed by atoms with Crippen molar-refractivity contribution in [1.29, 1.82) is 0 Å². The Hall–Kier alpha value is -1.60. The molecule has 0 atom stereocenters. The number of hydrogen-bond donors (Lipinski definition) is 2. The molecule has 0 saturated carbocycles. The molecule has 0 spiro atoms. The van der Waals surface area contributed by atoms with Gasteiger partial charge in [0.2, 0.25) is 0 Å². The Kier molecular flexibility index (Phi) is 9.48. The van der Waals surface area contributed by atoms with Crippen LogP contribution in [0.15, 0.2) is 70.5 Å². The predicted octanol–water partition coefficient (Wildman–Crippen LogP) is 3.87. The summed E-state index contributed by atoms with van der Waals surface area (Å²) in [5.74, 6) is 3.26. The van der Waals surface area contributed by atoms with Crippen LogP contribution in [-0.2, 0) is 0 Å². The van der Waals surface area contributed by atoms with Gasteiger partial charge in [-0.2, -0.15) is 0 Å². The minimum atomic E-state index is 0.0202. The van der Waals surface area contributed by atoms with Gasteiger partial charge >= 0.3 is 0 Å². The van der Waals surface area contributed by atoms with Gasteiger partial charge in [0.05, 0.1) is 13.2 Å². The van der Waals surface area contributed by atoms with E-state index in [1.807, 2.05) is 48.5 Å². The Bertz CT molecular complexity index is 599. The van der Waals surface area contributed by atoms with Gasteiger partial charge in [-0.1, -0.05) is 12.2 Å². The average molecular weight is 393 g/mol. The summed E-state index contributed by atoms with van der Waals surface area (Å²) in [6.07, 6.45) is 0. The molecule has 140 valence electrons. The first-order valence-electron chi connectivity index (χ1n) is 8.31. The largest absolute Gasteiger partial charge is 0.491 e. The summed E-state index contributed by atoms with van der Waals surface area (Å²) < 4.78 is 10.7. The van der Waals surface area contributed by atoms with E-state index in [1.165, 1.54) is 5.57 Å². The van der Waals surface area contributed by atoms with Crippen molar-refractivity contribution in [2.24, 2.45) is 0 Å². The monoisotopic (exact) mass is 392 g/mol. The third kappa shape index (κ3) is 7.74. The topological polar surface area (TPSA) is 58.9 Å². The molecular weight excluding hydrogens is 368 g/mol. The maximum Gasteiger partial charge on any atom is 0.119 e. The molecule has 0 fully saturated rings. The highest BCUT2D eigenvalue weighted by molar-refractivity contribution is 8.00. The van der Waals surface area contributed by atoms with Crippen LogP contribution in [0, 0.1) is 0 Å². The molecule has 2 rings (SSSR count). The first-order valence-corrected chi connectivity index (χ1v) is 10.3. The van der Waals surface area contributed by atoms with Crippen LogP contribution in [0.3, 0.4) is 0 Å². The van der Waals surface area contributed by atoms with E-state index in [9.17, 15) is 0 Å². The number of ether oxygens (including phenoxy) is 2. The molecule has 26 heavy (non-hydrogen) atoms. The van der Waals surface area contributed by atoms with Gasteiger partial charge in [-0.15, -0.1) is 23.5 Å². The summed E-state index contributed by atoms with van der Waals surface area (Å²) in [7, 11) is 0. The van der Waals surface area contributed by atoms with E-state index in [0.717, 1.165) is 32.8 Å². The molecule has 2 N–H and O–H groups in total. The van der Waals surface area contributed by atoms with E-state index in [2.05, 4.69) is 6.58 Å². The predicted molar refractivity (Wildman–Crippen MR) is 109 cm³/mol. The lowest BCUT2D eigenvalue weighted by molar-refractivity contribution is 0.201. The van der Waals surface area contributed by atoms with Crippen molar-refractivity contribution < 1.29 is 19.7 Å². The number of aliphatic hydroxyl groups is 2. The highest BCUT2D eigenvalue weighted by atomic mass is 32.2. The van der Waals surface area contributed by atoms with Gasteiger partial charge in [-0.3, -0.25) is 0 Å². The molecule has 0 unspecified atom stereocenters. The van der Waals surface area contributed by atoms with Gasteiger partial charge in [0.25, 0.3) is 0 Å². The molecule has 0 aliphatic heterocycles. The van der Waals surface area contributed by atoms with E-state index in [-0.39, 0.29) is 13.2 Å². The van der Waals surface area contributed by atoms with Crippen molar-refractivity contribution in [2.75, 3.05) is 37.9 Å². The molecule has 0 aliphatic rings. The Morgan fingerprint density at radius 3 is 1.46 bits per heavy atom. The molecule has 0 aromatic heterocycles. The summed E-state index contributed by atoms with van der Waals surface area (Å²) in [5, 5.41) is 17.5. The third-order valence-electron chi connectivity index (χ3n) is 3.25. The highest BCUT2D eigenvalue weighted by Crippen LogP contribution is 2.27. The fraction of sp³-hybridized carbons (Fsp3) is 0.300. The number of rotatable bonds is 12. The van der Waals surface area contributed by atoms with Crippen LogP contribution in [0.25, 0.3) is 0 Å². The smallest absolute Gasteiger partial charge is 0.119 e. The quantitative estimate of drug-likeness (QED) is 0.422. The minimum Gasteiger partial charge on any atom is -0.491 e. The normalized spacial score (nSPS) is 10.5. The van der Waals surface area contributed by atoms with E-state index >= 15 is 0 Å². The van der Waals surface area contributed by atoms with Crippen molar-refractivity contribution >= 4 is 23.5 Å². The van der Waals surface area contributed by atoms with E-state index in [4.69, 9.17) is 19.7 Å². The number of thioether (sulfide) groups is 2. The van der Waals surface area contributed by atoms with Crippen molar-refractivity contribution in [3.05, 3.63) is 60.7 Å². The maximum atomic E-state index is 8.75. The summed E-state index contributed by atoms with van der Waals surface area (Å²) in [4.78, 5) is 2.33. The Balaban J connectivity index is 1.70. The van der Waals surface area contributed by atoms with Crippen LogP contribution in [0.5, 0.6) is 11.5 Å². The Morgan fingerprint density at radius 2 is 1.12 bits per heavy atom. The van der Waals surface area contributed by atoms with Crippen LogP contribution in [0.1, 0.15) is 0 Å². The Labute approximate surface area is 163 Å². The number of aliphatic hydroxyl groups excluding tert-OH is 2. The van der Waals surface area contributed by atoms with Gasteiger partial charge in [-0.25, -0.2) is 0 Å². The average Bonchev–Trinajstić information content (AvgIpc) is 2.69. The fourth-order valence-corrected chi connectivity index (χ4v) is 3.74. The molecule has 0 amide bonds. The van der Waals surface area contributed by atoms with Gasteiger partial charge in [-0.05, 0) is 48.5 Å². The fourth-order valence-electron chi connectivity index (χ4n) is 2.00. The van der Waals surface area contributed by atoms with Gasteiger partial charge in [0.1, 0.15) is 24.7 Å². The summed E-state index contributed by atoms with van der Waals surface area (Å²) in [6.45, 7) is 4.82. The van der Waals surface area contributed by atoms with E-state index in [1.54, 1.807) is 23.5 Å². The third-order valence-corrected chi connectivity index (χ3v) is 5.57. The molecule has 0 heterocycles. The highest BCUT2D eigenvalue weighted by Gasteiger charge is 2.02. The zero-order chi connectivity index (χ0) is 18.6. The van der Waals surface area contributed by atoms with Gasteiger partial charge in [0, 0.05) is 21.3 Å². The lowest BCUT2D eigenvalue weighted by Crippen LogP contribution is -2.01. The second-order valence-electron chi connectivity index (χ2n) is 5.41. The first kappa shape index (κ1) is 20.7. The molecule has 0 aliphatic carbocycles. The van der Waals surface area contributed by atoms with E-state index < -0.39 is 0 Å². The van der Waals surface area contributed by atoms with Crippen molar-refractivity contribution in [2.45, 2.75) is 9.79 Å². The Morgan fingerprint density at radius 1 is 0.731 bits per heavy atom. The lowest BCUT2D eigenvalue weighted by atomic mass is 10.3. The van der Waals surface area contributed by atoms with Crippen LogP contribution >= 0.6 is 23.5 Å². The molecule has 0 bridgehead atoms. The second-order valence-corrected chi connectivity index (χ2v) is 7.51. The van der Waals surface area contributed by atoms with Crippen LogP contribution in [0.4, 0.5) is 0 Å². The zero-order valence-corrected chi connectivity index (χ0v) is 16.2. The van der Waals surface area contributed by atoms with Crippen molar-refractivity contribution in [1.82, 2.24) is 0 Å². The molecule has 2 aromatic rings. The second kappa shape index (κ2) is 11.9. The molecular formula is C20H24O4S2. The van der Waals surface area contributed by atoms with Gasteiger partial charge < -0.3 is 19.7 Å². The molecule has 0 radical (unpaired) electrons. The van der Waals surface area contributed by atoms with Crippen LogP contribution < -0.4 is 9.47 Å². The van der Waals surface area contributed by atoms with E-state index in [0.29, 0.717) is 13.2 Å². The zero-order valence-electron chi connectivity index (χ0n) is 14.6. The molecule has 4 nitrogen and oxygen atoms in total. The first-order chi connectivity index (χ1) is 12.7. The lowest BCUT2D eigenvalue weighted by Gasteiger charge is -2.08. The summed E-state index contributed by atoms with van der Waals surface area (Å²) >= 11 is 3.49. The minimum absolute atomic E-state index is 0.0202. The van der Waals surface area contributed by atoms with Crippen molar-refractivity contribution in [3.63, 3.8) is 0 Å².